The van der Waals surface area contributed by atoms with Gasteiger partial charge in [-0.2, -0.15) is 5.26 Å². The molecule has 18 heavy (non-hydrogen) atoms. The summed E-state index contributed by atoms with van der Waals surface area (Å²) in [5, 5.41) is 8.92. The van der Waals surface area contributed by atoms with Crippen LogP contribution in [0.15, 0.2) is 24.5 Å². The number of hydrogen-bond donors (Lipinski definition) is 0. The first-order valence-electron chi connectivity index (χ1n) is 5.60. The fraction of sp³-hybridized carbons (Fsp3) is 0.231. The largest absolute Gasteiger partial charge is 0.435 e. The van der Waals surface area contributed by atoms with Crippen LogP contribution in [0.2, 0.25) is 0 Å². The highest BCUT2D eigenvalue weighted by Crippen LogP contribution is 2.24. The van der Waals surface area contributed by atoms with Crippen molar-refractivity contribution in [1.82, 2.24) is 15.0 Å². The Labute approximate surface area is 105 Å². The zero-order valence-electron chi connectivity index (χ0n) is 10.2. The Morgan fingerprint density at radius 3 is 2.78 bits per heavy atom. The van der Waals surface area contributed by atoms with Gasteiger partial charge in [-0.15, -0.1) is 0 Å². The molecule has 0 bridgehead atoms. The molecule has 0 aromatic carbocycles. The minimum absolute atomic E-state index is 0.167. The second-order valence-electron chi connectivity index (χ2n) is 3.67. The summed E-state index contributed by atoms with van der Waals surface area (Å²) in [5.74, 6) is 0.820. The van der Waals surface area contributed by atoms with Crippen LogP contribution in [0, 0.1) is 18.3 Å². The number of pyridine rings is 1. The monoisotopic (exact) mass is 240 g/mol. The van der Waals surface area contributed by atoms with Gasteiger partial charge in [0, 0.05) is 18.1 Å². The lowest BCUT2D eigenvalue weighted by molar-refractivity contribution is 0.449. The summed E-state index contributed by atoms with van der Waals surface area (Å²) < 4.78 is 5.62. The smallest absolute Gasteiger partial charge is 0.256 e. The van der Waals surface area contributed by atoms with E-state index in [4.69, 9.17) is 10.00 Å². The lowest BCUT2D eigenvalue weighted by Gasteiger charge is -2.09. The fourth-order valence-corrected chi connectivity index (χ4v) is 1.52. The highest BCUT2D eigenvalue weighted by Gasteiger charge is 2.10. The molecule has 0 aliphatic carbocycles. The highest BCUT2D eigenvalue weighted by atomic mass is 16.5. The lowest BCUT2D eigenvalue weighted by Crippen LogP contribution is -1.99. The van der Waals surface area contributed by atoms with E-state index in [1.54, 1.807) is 0 Å². The molecule has 2 aromatic heterocycles. The molecule has 0 saturated heterocycles. The van der Waals surface area contributed by atoms with E-state index in [1.165, 1.54) is 12.4 Å². The predicted octanol–water partition coefficient (Wildman–Crippen LogP) is 2.41. The van der Waals surface area contributed by atoms with Gasteiger partial charge in [0.25, 0.3) is 5.88 Å². The first kappa shape index (κ1) is 12.0. The second-order valence-corrected chi connectivity index (χ2v) is 3.67. The normalized spacial score (nSPS) is 9.83. The standard InChI is InChI=1S/C13H12N4O/c1-3-10-12(5-4-9(2)17-10)18-13-11(8-14)15-6-7-16-13/h4-7H,3H2,1-2H3. The third-order valence-corrected chi connectivity index (χ3v) is 2.38. The molecule has 2 heterocycles. The Hall–Kier alpha value is -2.48. The molecule has 0 N–H and O–H groups in total. The van der Waals surface area contributed by atoms with Gasteiger partial charge in [-0.05, 0) is 25.5 Å². The summed E-state index contributed by atoms with van der Waals surface area (Å²) in [6, 6.07) is 5.63. The maximum atomic E-state index is 8.92. The molecule has 0 atom stereocenters. The van der Waals surface area contributed by atoms with E-state index in [1.807, 2.05) is 32.0 Å². The number of nitrogens with zero attached hydrogens (tertiary/aromatic N) is 4. The summed E-state index contributed by atoms with van der Waals surface area (Å²) in [6.45, 7) is 3.92. The molecule has 0 aliphatic rings. The van der Waals surface area contributed by atoms with Crippen molar-refractivity contribution >= 4 is 0 Å². The first-order chi connectivity index (χ1) is 8.74. The van der Waals surface area contributed by atoms with E-state index < -0.39 is 0 Å². The van der Waals surface area contributed by atoms with Gasteiger partial charge in [0.2, 0.25) is 5.69 Å². The van der Waals surface area contributed by atoms with E-state index in [0.717, 1.165) is 17.8 Å². The zero-order chi connectivity index (χ0) is 13.0. The van der Waals surface area contributed by atoms with E-state index in [9.17, 15) is 0 Å². The molecule has 0 aliphatic heterocycles. The van der Waals surface area contributed by atoms with Gasteiger partial charge in [-0.1, -0.05) is 6.92 Å². The van der Waals surface area contributed by atoms with Crippen LogP contribution in [0.25, 0.3) is 0 Å². The average Bonchev–Trinajstić information content (AvgIpc) is 2.41. The van der Waals surface area contributed by atoms with Crippen LogP contribution in [0.5, 0.6) is 11.6 Å². The fourth-order valence-electron chi connectivity index (χ4n) is 1.52. The van der Waals surface area contributed by atoms with Crippen LogP contribution in [-0.2, 0) is 6.42 Å². The van der Waals surface area contributed by atoms with Crippen molar-refractivity contribution in [3.05, 3.63) is 41.6 Å². The predicted molar refractivity (Wildman–Crippen MR) is 65.2 cm³/mol. The second kappa shape index (κ2) is 5.23. The Morgan fingerprint density at radius 2 is 2.06 bits per heavy atom. The average molecular weight is 240 g/mol. The van der Waals surface area contributed by atoms with Gasteiger partial charge in [-0.3, -0.25) is 4.98 Å². The van der Waals surface area contributed by atoms with Crippen LogP contribution >= 0.6 is 0 Å². The third-order valence-electron chi connectivity index (χ3n) is 2.38. The molecule has 0 unspecified atom stereocenters. The van der Waals surface area contributed by atoms with Gasteiger partial charge in [-0.25, -0.2) is 9.97 Å². The van der Waals surface area contributed by atoms with Crippen molar-refractivity contribution in [2.75, 3.05) is 0 Å². The zero-order valence-corrected chi connectivity index (χ0v) is 10.2. The molecular weight excluding hydrogens is 228 g/mol. The molecule has 5 heteroatoms. The Kier molecular flexibility index (Phi) is 3.49. The minimum Gasteiger partial charge on any atom is -0.435 e. The molecule has 5 nitrogen and oxygen atoms in total. The molecule has 0 fully saturated rings. The first-order valence-corrected chi connectivity index (χ1v) is 5.60. The van der Waals surface area contributed by atoms with Crippen molar-refractivity contribution in [2.45, 2.75) is 20.3 Å². The maximum absolute atomic E-state index is 8.92. The van der Waals surface area contributed by atoms with Gasteiger partial charge < -0.3 is 4.74 Å². The lowest BCUT2D eigenvalue weighted by atomic mass is 10.2. The summed E-state index contributed by atoms with van der Waals surface area (Å²) in [5.41, 5.74) is 1.93. The van der Waals surface area contributed by atoms with Crippen molar-refractivity contribution in [3.63, 3.8) is 0 Å². The minimum atomic E-state index is 0.167. The number of aromatic nitrogens is 3. The maximum Gasteiger partial charge on any atom is 0.256 e. The molecule has 2 aromatic rings. The molecule has 0 radical (unpaired) electrons. The molecule has 90 valence electrons. The van der Waals surface area contributed by atoms with Crippen LogP contribution in [0.1, 0.15) is 24.0 Å². The van der Waals surface area contributed by atoms with Crippen LogP contribution in [0.3, 0.4) is 0 Å². The van der Waals surface area contributed by atoms with Gasteiger partial charge in [0.1, 0.15) is 6.07 Å². The summed E-state index contributed by atoms with van der Waals surface area (Å²) in [4.78, 5) is 12.3. The third kappa shape index (κ3) is 2.43. The Balaban J connectivity index is 2.37. The van der Waals surface area contributed by atoms with Gasteiger partial charge in [0.15, 0.2) is 5.75 Å². The SMILES string of the molecule is CCc1nc(C)ccc1Oc1nccnc1C#N. The van der Waals surface area contributed by atoms with E-state index in [0.29, 0.717) is 5.75 Å². The Morgan fingerprint density at radius 1 is 1.28 bits per heavy atom. The van der Waals surface area contributed by atoms with Crippen molar-refractivity contribution in [1.29, 1.82) is 5.26 Å². The van der Waals surface area contributed by atoms with Crippen LogP contribution < -0.4 is 4.74 Å². The summed E-state index contributed by atoms with van der Waals surface area (Å²) in [6.07, 6.45) is 3.70. The number of hydrogen-bond acceptors (Lipinski definition) is 5. The van der Waals surface area contributed by atoms with Crippen molar-refractivity contribution in [2.24, 2.45) is 0 Å². The van der Waals surface area contributed by atoms with Crippen LogP contribution in [-0.4, -0.2) is 15.0 Å². The number of ether oxygens (including phenoxy) is 1. The van der Waals surface area contributed by atoms with Crippen molar-refractivity contribution < 1.29 is 4.74 Å². The number of aryl methyl sites for hydroxylation is 2. The van der Waals surface area contributed by atoms with Gasteiger partial charge in [0.05, 0.1) is 5.69 Å². The topological polar surface area (TPSA) is 71.7 Å². The summed E-state index contributed by atoms with van der Waals surface area (Å²) in [7, 11) is 0. The Bertz CT molecular complexity index is 604. The molecular formula is C13H12N4O. The van der Waals surface area contributed by atoms with Crippen molar-refractivity contribution in [3.8, 4) is 17.7 Å². The molecule has 2 rings (SSSR count). The molecule has 0 amide bonds. The highest BCUT2D eigenvalue weighted by molar-refractivity contribution is 5.37. The quantitative estimate of drug-likeness (QED) is 0.823. The molecule has 0 saturated carbocycles. The number of nitriles is 1. The van der Waals surface area contributed by atoms with E-state index in [2.05, 4.69) is 15.0 Å². The molecule has 0 spiro atoms. The number of rotatable bonds is 3. The van der Waals surface area contributed by atoms with E-state index in [-0.39, 0.29) is 11.6 Å². The van der Waals surface area contributed by atoms with E-state index >= 15 is 0 Å². The van der Waals surface area contributed by atoms with Gasteiger partial charge >= 0.3 is 0 Å². The summed E-state index contributed by atoms with van der Waals surface area (Å²) >= 11 is 0. The van der Waals surface area contributed by atoms with Crippen LogP contribution in [0.4, 0.5) is 0 Å².